The number of nitrogens with one attached hydrogen (secondary N) is 1. The minimum absolute atomic E-state index is 0.230. The molecule has 5 nitrogen and oxygen atoms in total. The monoisotopic (exact) mass is 278 g/mol. The van der Waals surface area contributed by atoms with E-state index in [1.807, 2.05) is 13.0 Å². The van der Waals surface area contributed by atoms with Crippen LogP contribution in [0.1, 0.15) is 44.7 Å². The van der Waals surface area contributed by atoms with E-state index in [9.17, 15) is 0 Å². The number of aliphatic hydroxyl groups excluding tert-OH is 1. The van der Waals surface area contributed by atoms with Crippen LogP contribution in [0.5, 0.6) is 0 Å². The Labute approximate surface area is 121 Å². The normalized spacial score (nSPS) is 14.9. The van der Waals surface area contributed by atoms with E-state index in [4.69, 9.17) is 5.11 Å². The van der Waals surface area contributed by atoms with Gasteiger partial charge in [-0.3, -0.25) is 0 Å². The van der Waals surface area contributed by atoms with E-state index < -0.39 is 0 Å². The number of rotatable bonds is 8. The molecule has 0 saturated heterocycles. The number of hydrogen-bond donors (Lipinski definition) is 2. The molecule has 1 aliphatic rings. The molecule has 1 aromatic rings. The Kier molecular flexibility index (Phi) is 5.59. The number of hydrogen-bond acceptors (Lipinski definition) is 5. The van der Waals surface area contributed by atoms with Crippen LogP contribution < -0.4 is 10.2 Å². The first kappa shape index (κ1) is 15.0. The largest absolute Gasteiger partial charge is 0.396 e. The summed E-state index contributed by atoms with van der Waals surface area (Å²) < 4.78 is 0. The van der Waals surface area contributed by atoms with Crippen LogP contribution in [0.2, 0.25) is 0 Å². The van der Waals surface area contributed by atoms with Crippen LogP contribution in [0.4, 0.5) is 11.8 Å². The molecule has 0 atom stereocenters. The molecule has 1 aliphatic carbocycles. The zero-order valence-electron chi connectivity index (χ0n) is 12.6. The second-order valence-corrected chi connectivity index (χ2v) is 5.47. The van der Waals surface area contributed by atoms with Gasteiger partial charge in [0.15, 0.2) is 0 Å². The molecule has 2 rings (SSSR count). The van der Waals surface area contributed by atoms with Crippen LogP contribution in [0.15, 0.2) is 6.07 Å². The lowest BCUT2D eigenvalue weighted by Crippen LogP contribution is -2.41. The Morgan fingerprint density at radius 1 is 1.40 bits per heavy atom. The van der Waals surface area contributed by atoms with Crippen LogP contribution >= 0.6 is 0 Å². The summed E-state index contributed by atoms with van der Waals surface area (Å²) in [5.74, 6) is 1.71. The molecule has 5 heteroatoms. The molecule has 1 heterocycles. The predicted octanol–water partition coefficient (Wildman–Crippen LogP) is 2.35. The highest BCUT2D eigenvalue weighted by Gasteiger charge is 2.26. The smallest absolute Gasteiger partial charge is 0.224 e. The first-order valence-corrected chi connectivity index (χ1v) is 7.71. The summed E-state index contributed by atoms with van der Waals surface area (Å²) >= 11 is 0. The zero-order chi connectivity index (χ0) is 14.4. The van der Waals surface area contributed by atoms with Gasteiger partial charge in [-0.25, -0.2) is 4.98 Å². The van der Waals surface area contributed by atoms with E-state index in [2.05, 4.69) is 27.1 Å². The summed E-state index contributed by atoms with van der Waals surface area (Å²) in [6.45, 7) is 6.13. The maximum Gasteiger partial charge on any atom is 0.224 e. The number of anilines is 2. The van der Waals surface area contributed by atoms with Gasteiger partial charge in [-0.15, -0.1) is 0 Å². The van der Waals surface area contributed by atoms with Gasteiger partial charge in [0.1, 0.15) is 5.82 Å². The Balaban J connectivity index is 2.15. The van der Waals surface area contributed by atoms with E-state index in [-0.39, 0.29) is 6.61 Å². The predicted molar refractivity (Wildman–Crippen MR) is 82.2 cm³/mol. The van der Waals surface area contributed by atoms with Gasteiger partial charge in [0.2, 0.25) is 5.95 Å². The first-order chi connectivity index (χ1) is 9.74. The molecule has 0 bridgehead atoms. The third-order valence-corrected chi connectivity index (χ3v) is 3.74. The molecule has 0 radical (unpaired) electrons. The van der Waals surface area contributed by atoms with Crippen molar-refractivity contribution in [3.05, 3.63) is 11.8 Å². The summed E-state index contributed by atoms with van der Waals surface area (Å²) in [4.78, 5) is 11.4. The van der Waals surface area contributed by atoms with Crippen LogP contribution in [-0.2, 0) is 0 Å². The Hall–Kier alpha value is -1.36. The maximum absolute atomic E-state index is 9.09. The fraction of sp³-hybridized carbons (Fsp3) is 0.733. The van der Waals surface area contributed by atoms with E-state index in [1.54, 1.807) is 0 Å². The Morgan fingerprint density at radius 3 is 2.80 bits per heavy atom. The molecule has 112 valence electrons. The molecule has 1 fully saturated rings. The van der Waals surface area contributed by atoms with Crippen LogP contribution in [0.25, 0.3) is 0 Å². The van der Waals surface area contributed by atoms with Gasteiger partial charge in [-0.05, 0) is 39.0 Å². The average molecular weight is 278 g/mol. The number of aliphatic hydroxyl groups is 1. The number of nitrogens with zero attached hydrogens (tertiary/aromatic N) is 3. The lowest BCUT2D eigenvalue weighted by Gasteiger charge is -2.38. The first-order valence-electron chi connectivity index (χ1n) is 7.71. The van der Waals surface area contributed by atoms with E-state index in [0.717, 1.165) is 43.4 Å². The SMILES string of the molecule is CCCNc1nc(C)cc(N(CCCO)C2CCC2)n1. The van der Waals surface area contributed by atoms with E-state index >= 15 is 0 Å². The Morgan fingerprint density at radius 2 is 2.20 bits per heavy atom. The molecule has 1 saturated carbocycles. The number of aromatic nitrogens is 2. The summed E-state index contributed by atoms with van der Waals surface area (Å²) in [5.41, 5.74) is 0.988. The Bertz CT molecular complexity index is 420. The quantitative estimate of drug-likeness (QED) is 0.764. The molecular weight excluding hydrogens is 252 g/mol. The highest BCUT2D eigenvalue weighted by molar-refractivity contribution is 5.46. The van der Waals surface area contributed by atoms with Crippen LogP contribution in [-0.4, -0.2) is 40.8 Å². The summed E-state index contributed by atoms with van der Waals surface area (Å²) in [6, 6.07) is 2.63. The highest BCUT2D eigenvalue weighted by Crippen LogP contribution is 2.29. The lowest BCUT2D eigenvalue weighted by molar-refractivity contribution is 0.282. The molecule has 0 aliphatic heterocycles. The zero-order valence-corrected chi connectivity index (χ0v) is 12.6. The third-order valence-electron chi connectivity index (χ3n) is 3.74. The summed E-state index contributed by atoms with van der Waals surface area (Å²) in [5, 5.41) is 12.4. The topological polar surface area (TPSA) is 61.3 Å². The van der Waals surface area contributed by atoms with Crippen molar-refractivity contribution in [2.45, 2.75) is 52.0 Å². The summed E-state index contributed by atoms with van der Waals surface area (Å²) in [6.07, 6.45) is 5.60. The molecule has 0 unspecified atom stereocenters. The van der Waals surface area contributed by atoms with Crippen molar-refractivity contribution in [3.8, 4) is 0 Å². The van der Waals surface area contributed by atoms with Crippen molar-refractivity contribution >= 4 is 11.8 Å². The van der Waals surface area contributed by atoms with Gasteiger partial charge in [0.05, 0.1) is 0 Å². The third kappa shape index (κ3) is 3.82. The second kappa shape index (κ2) is 7.43. The lowest BCUT2D eigenvalue weighted by atomic mass is 9.91. The number of aryl methyl sites for hydroxylation is 1. The van der Waals surface area contributed by atoms with Crippen molar-refractivity contribution in [3.63, 3.8) is 0 Å². The highest BCUT2D eigenvalue weighted by atomic mass is 16.3. The minimum atomic E-state index is 0.230. The second-order valence-electron chi connectivity index (χ2n) is 5.47. The van der Waals surface area contributed by atoms with E-state index in [1.165, 1.54) is 19.3 Å². The van der Waals surface area contributed by atoms with Gasteiger partial charge in [-0.1, -0.05) is 6.92 Å². The molecule has 20 heavy (non-hydrogen) atoms. The maximum atomic E-state index is 9.09. The standard InChI is InChI=1S/C15H26N4O/c1-3-8-16-15-17-12(2)11-14(18-15)19(9-5-10-20)13-6-4-7-13/h11,13,20H,3-10H2,1-2H3,(H,16,17,18). The van der Waals surface area contributed by atoms with Crippen molar-refractivity contribution in [1.82, 2.24) is 9.97 Å². The average Bonchev–Trinajstić information content (AvgIpc) is 2.38. The molecular formula is C15H26N4O. The van der Waals surface area contributed by atoms with Gasteiger partial charge >= 0.3 is 0 Å². The molecule has 2 N–H and O–H groups in total. The van der Waals surface area contributed by atoms with E-state index in [0.29, 0.717) is 6.04 Å². The van der Waals surface area contributed by atoms with Gasteiger partial charge in [-0.2, -0.15) is 4.98 Å². The van der Waals surface area contributed by atoms with Gasteiger partial charge in [0.25, 0.3) is 0 Å². The molecule has 1 aromatic heterocycles. The minimum Gasteiger partial charge on any atom is -0.396 e. The van der Waals surface area contributed by atoms with Crippen molar-refractivity contribution in [2.24, 2.45) is 0 Å². The summed E-state index contributed by atoms with van der Waals surface area (Å²) in [7, 11) is 0. The molecule has 0 amide bonds. The fourth-order valence-electron chi connectivity index (χ4n) is 2.44. The molecule has 0 aromatic carbocycles. The van der Waals surface area contributed by atoms with Crippen LogP contribution in [0.3, 0.4) is 0 Å². The van der Waals surface area contributed by atoms with Gasteiger partial charge in [0, 0.05) is 37.5 Å². The van der Waals surface area contributed by atoms with Crippen LogP contribution in [0, 0.1) is 6.92 Å². The fourth-order valence-corrected chi connectivity index (χ4v) is 2.44. The molecule has 0 spiro atoms. The van der Waals surface area contributed by atoms with Crippen molar-refractivity contribution < 1.29 is 5.11 Å². The van der Waals surface area contributed by atoms with Crippen molar-refractivity contribution in [2.75, 3.05) is 29.9 Å². The van der Waals surface area contributed by atoms with Gasteiger partial charge < -0.3 is 15.3 Å². The van der Waals surface area contributed by atoms with Crippen molar-refractivity contribution in [1.29, 1.82) is 0 Å².